The second-order valence-electron chi connectivity index (χ2n) is 6.03. The number of aromatic nitrogens is 2. The first-order valence-corrected chi connectivity index (χ1v) is 8.00. The van der Waals surface area contributed by atoms with Crippen LogP contribution in [0.15, 0.2) is 30.3 Å². The van der Waals surface area contributed by atoms with Crippen molar-refractivity contribution in [3.8, 4) is 0 Å². The van der Waals surface area contributed by atoms with Gasteiger partial charge in [-0.2, -0.15) is 0 Å². The Bertz CT molecular complexity index is 878. The minimum absolute atomic E-state index is 0.136. The van der Waals surface area contributed by atoms with Crippen LogP contribution in [0, 0.1) is 6.92 Å². The molecule has 3 heterocycles. The molecular weight excluding hydrogens is 290 g/mol. The monoisotopic (exact) mass is 309 g/mol. The Balaban J connectivity index is 1.66. The average Bonchev–Trinajstić information content (AvgIpc) is 3.20. The molecule has 1 unspecified atom stereocenters. The van der Waals surface area contributed by atoms with Gasteiger partial charge in [-0.15, -0.1) is 0 Å². The first-order chi connectivity index (χ1) is 11.2. The van der Waals surface area contributed by atoms with Gasteiger partial charge in [-0.25, -0.2) is 4.98 Å². The molecule has 1 amide bonds. The lowest BCUT2D eigenvalue weighted by Crippen LogP contribution is -2.32. The Labute approximate surface area is 134 Å². The fourth-order valence-corrected chi connectivity index (χ4v) is 3.22. The molecule has 1 aliphatic heterocycles. The number of aromatic amines is 1. The second kappa shape index (κ2) is 5.66. The number of aryl methyl sites for hydroxylation is 1. The van der Waals surface area contributed by atoms with Crippen LogP contribution in [-0.4, -0.2) is 35.1 Å². The maximum Gasteiger partial charge on any atom is 0.270 e. The molecule has 0 radical (unpaired) electrons. The van der Waals surface area contributed by atoms with E-state index in [2.05, 4.69) is 21.4 Å². The van der Waals surface area contributed by atoms with E-state index >= 15 is 0 Å². The molecule has 2 aromatic heterocycles. The molecule has 1 fully saturated rings. The van der Waals surface area contributed by atoms with E-state index in [0.29, 0.717) is 12.2 Å². The van der Waals surface area contributed by atoms with Gasteiger partial charge in [0.1, 0.15) is 5.69 Å². The zero-order valence-corrected chi connectivity index (χ0v) is 13.1. The Hall–Kier alpha value is -2.40. The van der Waals surface area contributed by atoms with Gasteiger partial charge in [-0.05, 0) is 31.9 Å². The zero-order valence-electron chi connectivity index (χ0n) is 13.1. The van der Waals surface area contributed by atoms with Crippen molar-refractivity contribution in [1.29, 1.82) is 0 Å². The molecule has 118 valence electrons. The Kier molecular flexibility index (Phi) is 3.50. The summed E-state index contributed by atoms with van der Waals surface area (Å²) in [5, 5.41) is 5.09. The first kappa shape index (κ1) is 14.2. The van der Waals surface area contributed by atoms with Crippen LogP contribution in [0.4, 0.5) is 0 Å². The van der Waals surface area contributed by atoms with E-state index in [1.54, 1.807) is 0 Å². The molecule has 4 rings (SSSR count). The topological polar surface area (TPSA) is 67.0 Å². The van der Waals surface area contributed by atoms with Gasteiger partial charge in [0.15, 0.2) is 0 Å². The molecule has 1 aromatic carbocycles. The van der Waals surface area contributed by atoms with Crippen molar-refractivity contribution in [3.05, 3.63) is 41.7 Å². The molecule has 5 heteroatoms. The number of pyridine rings is 1. The quantitative estimate of drug-likeness (QED) is 0.781. The summed E-state index contributed by atoms with van der Waals surface area (Å²) in [5.74, 6) is -0.143. The van der Waals surface area contributed by atoms with Gasteiger partial charge in [0.05, 0.1) is 17.3 Å². The van der Waals surface area contributed by atoms with E-state index < -0.39 is 0 Å². The van der Waals surface area contributed by atoms with Crippen molar-refractivity contribution in [1.82, 2.24) is 15.3 Å². The predicted molar refractivity (Wildman–Crippen MR) is 89.6 cm³/mol. The molecule has 23 heavy (non-hydrogen) atoms. The SMILES string of the molecule is Cc1nc(C(=O)NCC2CCCO2)cc2c1[nH]c1ccccc12. The molecule has 3 aromatic rings. The first-order valence-electron chi connectivity index (χ1n) is 8.00. The van der Waals surface area contributed by atoms with Crippen molar-refractivity contribution in [2.45, 2.75) is 25.9 Å². The summed E-state index contributed by atoms with van der Waals surface area (Å²) in [6.07, 6.45) is 2.21. The van der Waals surface area contributed by atoms with E-state index in [1.165, 1.54) is 0 Å². The number of benzene rings is 1. The third kappa shape index (κ3) is 2.57. The molecule has 1 atom stereocenters. The lowest BCUT2D eigenvalue weighted by molar-refractivity contribution is 0.0853. The highest BCUT2D eigenvalue weighted by molar-refractivity contribution is 6.10. The number of carbonyl (C=O) groups excluding carboxylic acids is 1. The van der Waals surface area contributed by atoms with Crippen LogP contribution in [-0.2, 0) is 4.74 Å². The van der Waals surface area contributed by atoms with Gasteiger partial charge in [0, 0.05) is 29.4 Å². The predicted octanol–water partition coefficient (Wildman–Crippen LogP) is 2.93. The fourth-order valence-electron chi connectivity index (χ4n) is 3.22. The Morgan fingerprint density at radius 1 is 1.39 bits per heavy atom. The third-order valence-electron chi connectivity index (χ3n) is 4.42. The number of nitrogens with one attached hydrogen (secondary N) is 2. The van der Waals surface area contributed by atoms with Crippen molar-refractivity contribution in [3.63, 3.8) is 0 Å². The lowest BCUT2D eigenvalue weighted by Gasteiger charge is -2.10. The number of hydrogen-bond acceptors (Lipinski definition) is 3. The molecule has 0 spiro atoms. The number of para-hydroxylation sites is 1. The lowest BCUT2D eigenvalue weighted by atomic mass is 10.1. The van der Waals surface area contributed by atoms with E-state index in [0.717, 1.165) is 46.9 Å². The van der Waals surface area contributed by atoms with E-state index in [-0.39, 0.29) is 12.0 Å². The normalized spacial score (nSPS) is 17.9. The van der Waals surface area contributed by atoms with Gasteiger partial charge in [-0.3, -0.25) is 4.79 Å². The second-order valence-corrected chi connectivity index (χ2v) is 6.03. The van der Waals surface area contributed by atoms with Crippen LogP contribution in [0.3, 0.4) is 0 Å². The number of nitrogens with zero attached hydrogens (tertiary/aromatic N) is 1. The van der Waals surface area contributed by atoms with E-state index in [9.17, 15) is 4.79 Å². The van der Waals surface area contributed by atoms with Crippen LogP contribution in [0.5, 0.6) is 0 Å². The molecule has 0 aliphatic carbocycles. The van der Waals surface area contributed by atoms with Gasteiger partial charge < -0.3 is 15.0 Å². The zero-order chi connectivity index (χ0) is 15.8. The molecule has 1 aliphatic rings. The van der Waals surface area contributed by atoms with Gasteiger partial charge in [0.25, 0.3) is 5.91 Å². The number of H-pyrrole nitrogens is 1. The number of rotatable bonds is 3. The van der Waals surface area contributed by atoms with Crippen molar-refractivity contribution >= 4 is 27.7 Å². The van der Waals surface area contributed by atoms with Gasteiger partial charge >= 0.3 is 0 Å². The number of carbonyl (C=O) groups is 1. The average molecular weight is 309 g/mol. The standard InChI is InChI=1S/C18H19N3O2/c1-11-17-14(13-6-2-3-7-15(13)21-17)9-16(20-11)18(22)19-10-12-5-4-8-23-12/h2-3,6-7,9,12,21H,4-5,8,10H2,1H3,(H,19,22). The van der Waals surface area contributed by atoms with Gasteiger partial charge in [0.2, 0.25) is 0 Å². The summed E-state index contributed by atoms with van der Waals surface area (Å²) in [5.41, 5.74) is 3.34. The fraction of sp³-hybridized carbons (Fsp3) is 0.333. The minimum atomic E-state index is -0.143. The highest BCUT2D eigenvalue weighted by atomic mass is 16.5. The smallest absolute Gasteiger partial charge is 0.270 e. The number of amides is 1. The Morgan fingerprint density at radius 2 is 2.26 bits per heavy atom. The largest absolute Gasteiger partial charge is 0.376 e. The molecule has 0 bridgehead atoms. The van der Waals surface area contributed by atoms with Crippen LogP contribution >= 0.6 is 0 Å². The highest BCUT2D eigenvalue weighted by Gasteiger charge is 2.18. The van der Waals surface area contributed by atoms with Crippen LogP contribution in [0.25, 0.3) is 21.8 Å². The maximum atomic E-state index is 12.4. The highest BCUT2D eigenvalue weighted by Crippen LogP contribution is 2.27. The van der Waals surface area contributed by atoms with Crippen LogP contribution in [0.2, 0.25) is 0 Å². The third-order valence-corrected chi connectivity index (χ3v) is 4.42. The van der Waals surface area contributed by atoms with Crippen molar-refractivity contribution in [2.75, 3.05) is 13.2 Å². The molecule has 2 N–H and O–H groups in total. The number of hydrogen-bond donors (Lipinski definition) is 2. The summed E-state index contributed by atoms with van der Waals surface area (Å²) in [4.78, 5) is 20.2. The van der Waals surface area contributed by atoms with Crippen LogP contribution in [0.1, 0.15) is 29.0 Å². The van der Waals surface area contributed by atoms with E-state index in [1.807, 2.05) is 31.2 Å². The number of ether oxygens (including phenoxy) is 1. The Morgan fingerprint density at radius 3 is 3.09 bits per heavy atom. The maximum absolute atomic E-state index is 12.4. The van der Waals surface area contributed by atoms with E-state index in [4.69, 9.17) is 4.74 Å². The summed E-state index contributed by atoms with van der Waals surface area (Å²) in [6.45, 7) is 3.26. The molecule has 5 nitrogen and oxygen atoms in total. The summed E-state index contributed by atoms with van der Waals surface area (Å²) in [7, 11) is 0. The van der Waals surface area contributed by atoms with Crippen molar-refractivity contribution < 1.29 is 9.53 Å². The summed E-state index contributed by atoms with van der Waals surface area (Å²) >= 11 is 0. The molecule has 1 saturated heterocycles. The summed E-state index contributed by atoms with van der Waals surface area (Å²) in [6, 6.07) is 9.96. The molecule has 0 saturated carbocycles. The van der Waals surface area contributed by atoms with Crippen LogP contribution < -0.4 is 5.32 Å². The van der Waals surface area contributed by atoms with Crippen molar-refractivity contribution in [2.24, 2.45) is 0 Å². The minimum Gasteiger partial charge on any atom is -0.376 e. The number of fused-ring (bicyclic) bond motifs is 3. The van der Waals surface area contributed by atoms with Gasteiger partial charge in [-0.1, -0.05) is 18.2 Å². The summed E-state index contributed by atoms with van der Waals surface area (Å²) < 4.78 is 5.54. The molecular formula is C18H19N3O2.